The number of thiocarbonyl (C=S) groups is 1. The van der Waals surface area contributed by atoms with E-state index in [1.807, 2.05) is 12.3 Å². The molecule has 0 unspecified atom stereocenters. The van der Waals surface area contributed by atoms with Gasteiger partial charge in [0, 0.05) is 17.3 Å². The molecule has 4 bridgehead atoms. The highest BCUT2D eigenvalue weighted by Crippen LogP contribution is 2.56. The second-order valence-corrected chi connectivity index (χ2v) is 7.55. The van der Waals surface area contributed by atoms with Crippen LogP contribution in [-0.4, -0.2) is 15.5 Å². The number of anilines is 1. The number of nitrogens with one attached hydrogen (secondary N) is 1. The van der Waals surface area contributed by atoms with Crippen LogP contribution in [0.3, 0.4) is 0 Å². The Hall–Kier alpha value is -1.16. The molecular formula is C16H21N3S. The van der Waals surface area contributed by atoms with Crippen LogP contribution in [0.4, 0.5) is 5.69 Å². The van der Waals surface area contributed by atoms with Gasteiger partial charge >= 0.3 is 0 Å². The molecule has 4 fully saturated rings. The van der Waals surface area contributed by atoms with Crippen LogP contribution < -0.4 is 11.1 Å². The monoisotopic (exact) mass is 287 g/mol. The fourth-order valence-corrected chi connectivity index (χ4v) is 5.44. The number of aromatic nitrogens is 1. The molecule has 0 spiro atoms. The maximum absolute atomic E-state index is 5.85. The molecule has 3 nitrogen and oxygen atoms in total. The summed E-state index contributed by atoms with van der Waals surface area (Å²) in [6, 6.07) is 1.92. The first-order valence-corrected chi connectivity index (χ1v) is 8.06. The molecule has 1 aromatic rings. The molecule has 0 atom stereocenters. The SMILES string of the molecule is NC(=S)c1ccncc1NC12CC3CC(CC(C3)C1)C2. The number of hydrogen-bond donors (Lipinski definition) is 2. The molecule has 4 aliphatic rings. The predicted octanol–water partition coefficient (Wildman–Crippen LogP) is 3.10. The summed E-state index contributed by atoms with van der Waals surface area (Å²) in [7, 11) is 0. The summed E-state index contributed by atoms with van der Waals surface area (Å²) in [6.07, 6.45) is 11.9. The number of rotatable bonds is 3. The van der Waals surface area contributed by atoms with Gasteiger partial charge in [0.15, 0.2) is 0 Å². The third-order valence-corrected chi connectivity index (χ3v) is 5.74. The lowest BCUT2D eigenvalue weighted by atomic mass is 9.53. The third kappa shape index (κ3) is 2.01. The van der Waals surface area contributed by atoms with E-state index in [1.54, 1.807) is 6.20 Å². The first-order chi connectivity index (χ1) is 9.63. The van der Waals surface area contributed by atoms with Crippen molar-refractivity contribution in [1.29, 1.82) is 0 Å². The molecule has 4 aliphatic carbocycles. The highest BCUT2D eigenvalue weighted by atomic mass is 32.1. The fourth-order valence-electron chi connectivity index (χ4n) is 5.26. The standard InChI is InChI=1S/C16H21N3S/c17-15(20)13-1-2-18-9-14(13)19-16-6-10-3-11(7-16)5-12(4-10)8-16/h1-2,9-12,19H,3-8H2,(H2,17,20). The molecule has 4 saturated carbocycles. The van der Waals surface area contributed by atoms with Crippen LogP contribution >= 0.6 is 12.2 Å². The summed E-state index contributed by atoms with van der Waals surface area (Å²) < 4.78 is 0. The van der Waals surface area contributed by atoms with E-state index in [-0.39, 0.29) is 5.54 Å². The molecule has 4 heteroatoms. The van der Waals surface area contributed by atoms with Crippen molar-refractivity contribution in [3.05, 3.63) is 24.0 Å². The number of pyridine rings is 1. The Labute approximate surface area is 125 Å². The molecule has 0 aromatic carbocycles. The third-order valence-electron chi connectivity index (χ3n) is 5.52. The molecule has 20 heavy (non-hydrogen) atoms. The van der Waals surface area contributed by atoms with Gasteiger partial charge in [0.25, 0.3) is 0 Å². The average molecular weight is 287 g/mol. The minimum absolute atomic E-state index is 0.275. The summed E-state index contributed by atoms with van der Waals surface area (Å²) in [5, 5.41) is 3.81. The van der Waals surface area contributed by atoms with Crippen LogP contribution in [0.15, 0.2) is 18.5 Å². The lowest BCUT2D eigenvalue weighted by Crippen LogP contribution is -2.55. The van der Waals surface area contributed by atoms with Crippen LogP contribution in [0.25, 0.3) is 0 Å². The van der Waals surface area contributed by atoms with Crippen LogP contribution in [0.2, 0.25) is 0 Å². The summed E-state index contributed by atoms with van der Waals surface area (Å²) in [5.41, 5.74) is 8.09. The average Bonchev–Trinajstić information content (AvgIpc) is 2.36. The van der Waals surface area contributed by atoms with Gasteiger partial charge in [-0.3, -0.25) is 4.98 Å². The zero-order valence-electron chi connectivity index (χ0n) is 11.6. The highest BCUT2D eigenvalue weighted by Gasteiger charge is 2.51. The molecule has 0 amide bonds. The highest BCUT2D eigenvalue weighted by molar-refractivity contribution is 7.80. The zero-order valence-corrected chi connectivity index (χ0v) is 12.5. The van der Waals surface area contributed by atoms with Crippen molar-refractivity contribution in [3.8, 4) is 0 Å². The van der Waals surface area contributed by atoms with Gasteiger partial charge in [0.05, 0.1) is 11.9 Å². The van der Waals surface area contributed by atoms with E-state index in [2.05, 4.69) is 10.3 Å². The Bertz CT molecular complexity index is 519. The van der Waals surface area contributed by atoms with E-state index in [1.165, 1.54) is 38.5 Å². The van der Waals surface area contributed by atoms with Gasteiger partial charge in [-0.15, -0.1) is 0 Å². The van der Waals surface area contributed by atoms with Gasteiger partial charge in [-0.1, -0.05) is 12.2 Å². The summed E-state index contributed by atoms with van der Waals surface area (Å²) in [4.78, 5) is 4.71. The van der Waals surface area contributed by atoms with Crippen LogP contribution in [-0.2, 0) is 0 Å². The van der Waals surface area contributed by atoms with E-state index in [0.717, 1.165) is 29.0 Å². The first kappa shape index (κ1) is 12.6. The number of nitrogens with zero attached hydrogens (tertiary/aromatic N) is 1. The van der Waals surface area contributed by atoms with Crippen molar-refractivity contribution in [2.24, 2.45) is 23.5 Å². The van der Waals surface area contributed by atoms with Crippen molar-refractivity contribution in [1.82, 2.24) is 4.98 Å². The van der Waals surface area contributed by atoms with Crippen LogP contribution in [0.1, 0.15) is 44.1 Å². The molecule has 0 radical (unpaired) electrons. The second kappa shape index (κ2) is 4.42. The number of nitrogens with two attached hydrogens (primary N) is 1. The zero-order chi connectivity index (χ0) is 13.7. The fraction of sp³-hybridized carbons (Fsp3) is 0.625. The molecular weight excluding hydrogens is 266 g/mol. The topological polar surface area (TPSA) is 50.9 Å². The van der Waals surface area contributed by atoms with Crippen LogP contribution in [0, 0.1) is 17.8 Å². The summed E-state index contributed by atoms with van der Waals surface area (Å²) in [5.74, 6) is 2.79. The van der Waals surface area contributed by atoms with Gasteiger partial charge in [0.1, 0.15) is 4.99 Å². The summed E-state index contributed by atoms with van der Waals surface area (Å²) in [6.45, 7) is 0. The maximum Gasteiger partial charge on any atom is 0.106 e. The Kier molecular flexibility index (Phi) is 2.78. The smallest absolute Gasteiger partial charge is 0.106 e. The van der Waals surface area contributed by atoms with Crippen molar-refractivity contribution >= 4 is 22.9 Å². The van der Waals surface area contributed by atoms with Gasteiger partial charge in [-0.05, 0) is 62.3 Å². The normalized spacial score (nSPS) is 37.9. The minimum Gasteiger partial charge on any atom is -0.389 e. The molecule has 1 heterocycles. The molecule has 5 rings (SSSR count). The lowest BCUT2D eigenvalue weighted by molar-refractivity contribution is 0.0107. The van der Waals surface area contributed by atoms with Gasteiger partial charge in [-0.25, -0.2) is 0 Å². The van der Waals surface area contributed by atoms with Crippen LogP contribution in [0.5, 0.6) is 0 Å². The maximum atomic E-state index is 5.85. The lowest BCUT2D eigenvalue weighted by Gasteiger charge is -2.57. The van der Waals surface area contributed by atoms with E-state index in [4.69, 9.17) is 18.0 Å². The van der Waals surface area contributed by atoms with Crippen molar-refractivity contribution in [2.75, 3.05) is 5.32 Å². The molecule has 0 saturated heterocycles. The Morgan fingerprint density at radius 2 is 1.80 bits per heavy atom. The minimum atomic E-state index is 0.275. The molecule has 0 aliphatic heterocycles. The Morgan fingerprint density at radius 1 is 1.20 bits per heavy atom. The quantitative estimate of drug-likeness (QED) is 0.839. The predicted molar refractivity (Wildman–Crippen MR) is 84.7 cm³/mol. The van der Waals surface area contributed by atoms with E-state index >= 15 is 0 Å². The van der Waals surface area contributed by atoms with E-state index < -0.39 is 0 Å². The Balaban J connectivity index is 1.64. The summed E-state index contributed by atoms with van der Waals surface area (Å²) >= 11 is 5.17. The van der Waals surface area contributed by atoms with Crippen molar-refractivity contribution in [2.45, 2.75) is 44.1 Å². The van der Waals surface area contributed by atoms with E-state index in [0.29, 0.717) is 4.99 Å². The van der Waals surface area contributed by atoms with Gasteiger partial charge in [-0.2, -0.15) is 0 Å². The van der Waals surface area contributed by atoms with Gasteiger partial charge < -0.3 is 11.1 Å². The molecule has 1 aromatic heterocycles. The molecule has 106 valence electrons. The number of hydrogen-bond acceptors (Lipinski definition) is 3. The van der Waals surface area contributed by atoms with Crippen molar-refractivity contribution < 1.29 is 0 Å². The largest absolute Gasteiger partial charge is 0.389 e. The Morgan fingerprint density at radius 3 is 2.35 bits per heavy atom. The molecule has 3 N–H and O–H groups in total. The van der Waals surface area contributed by atoms with Gasteiger partial charge in [0.2, 0.25) is 0 Å². The van der Waals surface area contributed by atoms with E-state index in [9.17, 15) is 0 Å². The second-order valence-electron chi connectivity index (χ2n) is 7.11. The first-order valence-electron chi connectivity index (χ1n) is 7.65. The van der Waals surface area contributed by atoms with Crippen molar-refractivity contribution in [3.63, 3.8) is 0 Å².